The van der Waals surface area contributed by atoms with E-state index in [1.165, 1.54) is 42.8 Å². The van der Waals surface area contributed by atoms with Gasteiger partial charge in [-0.25, -0.2) is 4.39 Å². The second-order valence-electron chi connectivity index (χ2n) is 8.97. The van der Waals surface area contributed by atoms with Crippen LogP contribution in [0.2, 0.25) is 0 Å². The van der Waals surface area contributed by atoms with Crippen molar-refractivity contribution in [2.45, 2.75) is 50.2 Å². The molecule has 1 aliphatic heterocycles. The molecule has 1 aliphatic rings. The van der Waals surface area contributed by atoms with Crippen molar-refractivity contribution in [3.63, 3.8) is 0 Å². The summed E-state index contributed by atoms with van der Waals surface area (Å²) in [7, 11) is 3.56. The first-order chi connectivity index (χ1) is 14.0. The Labute approximate surface area is 183 Å². The van der Waals surface area contributed by atoms with Gasteiger partial charge in [0.15, 0.2) is 0 Å². The number of thioether (sulfide) groups is 1. The molecule has 0 bridgehead atoms. The molecule has 2 atom stereocenters. The van der Waals surface area contributed by atoms with Crippen LogP contribution in [0.15, 0.2) is 29.2 Å². The number of amides is 2. The standard InChI is InChI=1S/C22H34FN3O3S/c1-21(2)10-7-11-25(5)18(21)13-26(14-19(27)24-4)20(28)22(3,29)15-30-17-9-6-8-16(23)12-17/h6,8-9,12,18,29H,7,10-11,13-15H2,1-5H3,(H,24,27). The van der Waals surface area contributed by atoms with Crippen molar-refractivity contribution in [3.05, 3.63) is 30.1 Å². The summed E-state index contributed by atoms with van der Waals surface area (Å²) in [6.07, 6.45) is 2.13. The number of nitrogens with one attached hydrogen (secondary N) is 1. The molecule has 1 heterocycles. The van der Waals surface area contributed by atoms with Gasteiger partial charge in [0.25, 0.3) is 5.91 Å². The molecule has 1 aromatic carbocycles. The quantitative estimate of drug-likeness (QED) is 0.609. The van der Waals surface area contributed by atoms with E-state index in [1.807, 2.05) is 7.05 Å². The summed E-state index contributed by atoms with van der Waals surface area (Å²) in [5.41, 5.74) is -1.71. The van der Waals surface area contributed by atoms with Gasteiger partial charge in [0.2, 0.25) is 5.91 Å². The van der Waals surface area contributed by atoms with Crippen LogP contribution in [-0.4, -0.2) is 77.8 Å². The Morgan fingerprint density at radius 1 is 1.43 bits per heavy atom. The number of carbonyl (C=O) groups excluding carboxylic acids is 2. The maximum absolute atomic E-state index is 13.4. The Morgan fingerprint density at radius 2 is 2.13 bits per heavy atom. The van der Waals surface area contributed by atoms with Crippen LogP contribution in [-0.2, 0) is 9.59 Å². The fourth-order valence-corrected chi connectivity index (χ4v) is 4.89. The number of nitrogens with zero attached hydrogens (tertiary/aromatic N) is 2. The molecule has 0 spiro atoms. The van der Waals surface area contributed by atoms with Gasteiger partial charge in [-0.1, -0.05) is 19.9 Å². The van der Waals surface area contributed by atoms with Crippen LogP contribution in [0.3, 0.4) is 0 Å². The molecule has 6 nitrogen and oxygen atoms in total. The van der Waals surface area contributed by atoms with Crippen molar-refractivity contribution in [1.82, 2.24) is 15.1 Å². The van der Waals surface area contributed by atoms with Crippen LogP contribution >= 0.6 is 11.8 Å². The van der Waals surface area contributed by atoms with Gasteiger partial charge in [-0.05, 0) is 57.0 Å². The lowest BCUT2D eigenvalue weighted by Gasteiger charge is -2.47. The minimum absolute atomic E-state index is 0.0175. The molecule has 1 fully saturated rings. The summed E-state index contributed by atoms with van der Waals surface area (Å²) in [5.74, 6) is -1.09. The summed E-state index contributed by atoms with van der Waals surface area (Å²) < 4.78 is 13.4. The van der Waals surface area contributed by atoms with Crippen molar-refractivity contribution in [2.24, 2.45) is 5.41 Å². The van der Waals surface area contributed by atoms with E-state index >= 15 is 0 Å². The van der Waals surface area contributed by atoms with Crippen LogP contribution < -0.4 is 5.32 Å². The Hall–Kier alpha value is -1.64. The molecule has 2 rings (SSSR count). The summed E-state index contributed by atoms with van der Waals surface area (Å²) in [6.45, 7) is 6.98. The predicted molar refractivity (Wildman–Crippen MR) is 118 cm³/mol. The van der Waals surface area contributed by atoms with E-state index in [-0.39, 0.29) is 35.5 Å². The fraction of sp³-hybridized carbons (Fsp3) is 0.636. The van der Waals surface area contributed by atoms with E-state index in [0.717, 1.165) is 19.4 Å². The molecule has 0 aromatic heterocycles. The van der Waals surface area contributed by atoms with Crippen LogP contribution in [0.4, 0.5) is 4.39 Å². The van der Waals surface area contributed by atoms with Gasteiger partial charge in [-0.2, -0.15) is 0 Å². The van der Waals surface area contributed by atoms with Gasteiger partial charge >= 0.3 is 0 Å². The van der Waals surface area contributed by atoms with E-state index < -0.39 is 11.5 Å². The topological polar surface area (TPSA) is 72.9 Å². The summed E-state index contributed by atoms with van der Waals surface area (Å²) in [6, 6.07) is 6.11. The number of piperidine rings is 1. The molecular formula is C22H34FN3O3S. The van der Waals surface area contributed by atoms with Crippen molar-refractivity contribution >= 4 is 23.6 Å². The second kappa shape index (κ2) is 10.1. The largest absolute Gasteiger partial charge is 0.379 e. The normalized spacial score (nSPS) is 21.0. The Morgan fingerprint density at radius 3 is 2.73 bits per heavy atom. The van der Waals surface area contributed by atoms with Crippen LogP contribution in [0, 0.1) is 11.2 Å². The first kappa shape index (κ1) is 24.6. The third-order valence-electron chi connectivity index (χ3n) is 5.84. The van der Waals surface area contributed by atoms with E-state index in [1.54, 1.807) is 12.1 Å². The molecule has 2 unspecified atom stereocenters. The first-order valence-electron chi connectivity index (χ1n) is 10.3. The third kappa shape index (κ3) is 6.43. The van der Waals surface area contributed by atoms with Gasteiger partial charge in [-0.15, -0.1) is 11.8 Å². The zero-order valence-corrected chi connectivity index (χ0v) is 19.4. The van der Waals surface area contributed by atoms with Gasteiger partial charge in [0.1, 0.15) is 11.4 Å². The summed E-state index contributed by atoms with van der Waals surface area (Å²) in [5, 5.41) is 13.5. The van der Waals surface area contributed by atoms with Crippen LogP contribution in [0.5, 0.6) is 0 Å². The van der Waals surface area contributed by atoms with Gasteiger partial charge in [0.05, 0.1) is 6.54 Å². The van der Waals surface area contributed by atoms with Crippen LogP contribution in [0.25, 0.3) is 0 Å². The first-order valence-corrected chi connectivity index (χ1v) is 11.3. The van der Waals surface area contributed by atoms with Gasteiger partial charge < -0.3 is 20.2 Å². The van der Waals surface area contributed by atoms with Crippen molar-refractivity contribution in [2.75, 3.05) is 39.5 Å². The molecule has 2 amide bonds. The molecule has 2 N–H and O–H groups in total. The molecule has 1 saturated heterocycles. The third-order valence-corrected chi connectivity index (χ3v) is 7.13. The number of aliphatic hydroxyl groups is 1. The van der Waals surface area contributed by atoms with Crippen molar-refractivity contribution < 1.29 is 19.1 Å². The minimum atomic E-state index is -1.69. The highest BCUT2D eigenvalue weighted by atomic mass is 32.2. The van der Waals surface area contributed by atoms with E-state index in [0.29, 0.717) is 11.4 Å². The number of rotatable bonds is 8. The molecule has 0 radical (unpaired) electrons. The maximum Gasteiger partial charge on any atom is 0.255 e. The number of hydrogen-bond donors (Lipinski definition) is 2. The number of likely N-dealkylation sites (N-methyl/N-ethyl adjacent to an activating group) is 2. The smallest absolute Gasteiger partial charge is 0.255 e. The fourth-order valence-electron chi connectivity index (χ4n) is 3.95. The number of benzene rings is 1. The maximum atomic E-state index is 13.4. The average Bonchev–Trinajstić information content (AvgIpc) is 2.67. The molecule has 168 valence electrons. The van der Waals surface area contributed by atoms with Crippen molar-refractivity contribution in [3.8, 4) is 0 Å². The molecular weight excluding hydrogens is 405 g/mol. The highest BCUT2D eigenvalue weighted by Gasteiger charge is 2.41. The monoisotopic (exact) mass is 439 g/mol. The van der Waals surface area contributed by atoms with E-state index in [9.17, 15) is 19.1 Å². The zero-order valence-electron chi connectivity index (χ0n) is 18.6. The minimum Gasteiger partial charge on any atom is -0.379 e. The Kier molecular flexibility index (Phi) is 8.30. The Balaban J connectivity index is 2.17. The number of hydrogen-bond acceptors (Lipinski definition) is 5. The number of halogens is 1. The molecule has 8 heteroatoms. The molecule has 30 heavy (non-hydrogen) atoms. The van der Waals surface area contributed by atoms with Crippen LogP contribution in [0.1, 0.15) is 33.6 Å². The highest BCUT2D eigenvalue weighted by Crippen LogP contribution is 2.35. The zero-order chi connectivity index (χ0) is 22.5. The van der Waals surface area contributed by atoms with Crippen molar-refractivity contribution in [1.29, 1.82) is 0 Å². The second-order valence-corrected chi connectivity index (χ2v) is 10.0. The number of likely N-dealkylation sites (tertiary alicyclic amines) is 1. The highest BCUT2D eigenvalue weighted by molar-refractivity contribution is 7.99. The van der Waals surface area contributed by atoms with Gasteiger partial charge in [0, 0.05) is 30.3 Å². The van der Waals surface area contributed by atoms with E-state index in [4.69, 9.17) is 0 Å². The lowest BCUT2D eigenvalue weighted by molar-refractivity contribution is -0.151. The van der Waals surface area contributed by atoms with E-state index in [2.05, 4.69) is 24.1 Å². The molecule has 0 aliphatic carbocycles. The Bertz CT molecular complexity index is 757. The predicted octanol–water partition coefficient (Wildman–Crippen LogP) is 2.36. The average molecular weight is 440 g/mol. The summed E-state index contributed by atoms with van der Waals surface area (Å²) in [4.78, 5) is 29.7. The summed E-state index contributed by atoms with van der Waals surface area (Å²) >= 11 is 1.21. The SMILES string of the molecule is CNC(=O)CN(CC1N(C)CCCC1(C)C)C(=O)C(C)(O)CSc1cccc(F)c1. The van der Waals surface area contributed by atoms with Gasteiger partial charge in [-0.3, -0.25) is 9.59 Å². The number of carbonyl (C=O) groups is 2. The molecule has 1 aromatic rings. The lowest BCUT2D eigenvalue weighted by Crippen LogP contribution is -2.59. The lowest BCUT2D eigenvalue weighted by atomic mass is 9.76. The molecule has 0 saturated carbocycles.